The van der Waals surface area contributed by atoms with Crippen LogP contribution in [0.3, 0.4) is 0 Å². The van der Waals surface area contributed by atoms with Crippen LogP contribution in [0.4, 0.5) is 5.69 Å². The van der Waals surface area contributed by atoms with Gasteiger partial charge in [0.15, 0.2) is 0 Å². The number of hydrogen-bond donors (Lipinski definition) is 2. The number of likely N-dealkylation sites (tertiary alicyclic amines) is 1. The second-order valence-electron chi connectivity index (χ2n) is 9.72. The Morgan fingerprint density at radius 1 is 1.11 bits per heavy atom. The highest BCUT2D eigenvalue weighted by atomic mass is 35.5. The van der Waals surface area contributed by atoms with E-state index >= 15 is 0 Å². The number of Topliss-reactive ketones (excluding diaryl/α,β-unsaturated/α-hetero) is 1. The van der Waals surface area contributed by atoms with Crippen molar-refractivity contribution in [2.24, 2.45) is 5.92 Å². The number of sulfonamides is 1. The third-order valence-electron chi connectivity index (χ3n) is 6.64. The molecular formula is C27H38ClN3O6S. The van der Waals surface area contributed by atoms with Crippen LogP contribution in [0.25, 0.3) is 0 Å². The zero-order valence-electron chi connectivity index (χ0n) is 22.3. The van der Waals surface area contributed by atoms with E-state index in [0.29, 0.717) is 52.4 Å². The highest BCUT2D eigenvalue weighted by Gasteiger charge is 2.20. The van der Waals surface area contributed by atoms with Crippen molar-refractivity contribution < 1.29 is 27.4 Å². The number of nitrogens with two attached hydrogens (primary N) is 1. The number of carbonyl (C=O) groups excluding carboxylic acids is 1. The number of benzene rings is 2. The number of rotatable bonds is 14. The van der Waals surface area contributed by atoms with Crippen molar-refractivity contribution in [3.63, 3.8) is 0 Å². The van der Waals surface area contributed by atoms with Gasteiger partial charge in [-0.2, -0.15) is 0 Å². The Balaban J connectivity index is 1.50. The van der Waals surface area contributed by atoms with Gasteiger partial charge in [-0.15, -0.1) is 0 Å². The van der Waals surface area contributed by atoms with Crippen LogP contribution in [0, 0.1) is 5.92 Å². The van der Waals surface area contributed by atoms with Gasteiger partial charge in [0.05, 0.1) is 31.2 Å². The van der Waals surface area contributed by atoms with Gasteiger partial charge in [0.2, 0.25) is 10.0 Å². The lowest BCUT2D eigenvalue weighted by molar-refractivity contribution is -0.118. The van der Waals surface area contributed by atoms with Crippen molar-refractivity contribution in [3.05, 3.63) is 46.5 Å². The summed E-state index contributed by atoms with van der Waals surface area (Å²) in [4.78, 5) is 15.2. The van der Waals surface area contributed by atoms with Crippen molar-refractivity contribution in [2.45, 2.75) is 38.7 Å². The number of nitrogens with one attached hydrogen (secondary N) is 1. The minimum Gasteiger partial charge on any atom is -0.497 e. The lowest BCUT2D eigenvalue weighted by Gasteiger charge is -2.31. The summed E-state index contributed by atoms with van der Waals surface area (Å²) >= 11 is 6.26. The second-order valence-corrected chi connectivity index (χ2v) is 12.0. The first kappa shape index (κ1) is 30.0. The van der Waals surface area contributed by atoms with Gasteiger partial charge in [-0.1, -0.05) is 11.6 Å². The molecule has 11 heteroatoms. The first-order valence-electron chi connectivity index (χ1n) is 12.7. The molecule has 3 rings (SSSR count). The van der Waals surface area contributed by atoms with Crippen LogP contribution in [0.2, 0.25) is 5.02 Å². The molecule has 0 spiro atoms. The Labute approximate surface area is 230 Å². The van der Waals surface area contributed by atoms with E-state index in [1.807, 2.05) is 12.1 Å². The lowest BCUT2D eigenvalue weighted by Crippen LogP contribution is -2.38. The molecule has 1 fully saturated rings. The minimum absolute atomic E-state index is 0.103. The molecule has 9 nitrogen and oxygen atoms in total. The van der Waals surface area contributed by atoms with Gasteiger partial charge in [-0.25, -0.2) is 13.1 Å². The van der Waals surface area contributed by atoms with E-state index in [9.17, 15) is 13.2 Å². The molecule has 1 heterocycles. The molecule has 2 aromatic rings. The molecule has 0 aromatic heterocycles. The smallest absolute Gasteiger partial charge is 0.208 e. The molecule has 2 aromatic carbocycles. The summed E-state index contributed by atoms with van der Waals surface area (Å²) in [6.07, 6.45) is 4.48. The Morgan fingerprint density at radius 2 is 1.76 bits per heavy atom. The van der Waals surface area contributed by atoms with Gasteiger partial charge < -0.3 is 24.8 Å². The molecule has 0 unspecified atom stereocenters. The molecule has 1 aliphatic rings. The molecule has 0 bridgehead atoms. The highest BCUT2D eigenvalue weighted by Crippen LogP contribution is 2.31. The number of anilines is 1. The third-order valence-corrected chi connectivity index (χ3v) is 7.66. The lowest BCUT2D eigenvalue weighted by atomic mass is 9.97. The summed E-state index contributed by atoms with van der Waals surface area (Å²) in [6.45, 7) is 3.38. The van der Waals surface area contributed by atoms with Crippen molar-refractivity contribution in [3.8, 4) is 17.2 Å². The van der Waals surface area contributed by atoms with Gasteiger partial charge in [0.25, 0.3) is 0 Å². The fraction of sp³-hybridized carbons (Fsp3) is 0.519. The number of hydrogen-bond acceptors (Lipinski definition) is 8. The van der Waals surface area contributed by atoms with Crippen LogP contribution in [-0.4, -0.2) is 65.8 Å². The summed E-state index contributed by atoms with van der Waals surface area (Å²) in [5, 5.41) is 0.386. The van der Waals surface area contributed by atoms with Crippen LogP contribution < -0.4 is 24.7 Å². The first-order chi connectivity index (χ1) is 18.1. The standard InChI is InChI=1S/C27H38ClN3O6S/c1-35-23-11-20(12-24(15-23)36-2)18-37-27-16-26(29)25(28)14-21(27)13-22(32)5-4-8-31-9-6-19(7-10-31)17-30-38(3,33)34/h11-12,14-16,19,30H,4-10,13,17-18,29H2,1-3H3. The number of carbonyl (C=O) groups is 1. The SMILES string of the molecule is COc1cc(COc2cc(N)c(Cl)cc2CC(=O)CCCN2CCC(CNS(C)(=O)=O)CC2)cc(OC)c1. The summed E-state index contributed by atoms with van der Waals surface area (Å²) in [7, 11) is 0.0217. The van der Waals surface area contributed by atoms with Crippen molar-refractivity contribution >= 4 is 33.1 Å². The van der Waals surface area contributed by atoms with E-state index in [1.165, 1.54) is 6.26 Å². The molecule has 0 radical (unpaired) electrons. The molecule has 0 amide bonds. The van der Waals surface area contributed by atoms with Crippen LogP contribution >= 0.6 is 11.6 Å². The van der Waals surface area contributed by atoms with Crippen molar-refractivity contribution in [1.29, 1.82) is 0 Å². The average molecular weight is 568 g/mol. The number of piperidine rings is 1. The minimum atomic E-state index is -3.15. The fourth-order valence-corrected chi connectivity index (χ4v) is 5.20. The first-order valence-corrected chi connectivity index (χ1v) is 14.9. The monoisotopic (exact) mass is 567 g/mol. The van der Waals surface area contributed by atoms with Crippen LogP contribution in [0.5, 0.6) is 17.2 Å². The molecule has 0 aliphatic carbocycles. The van der Waals surface area contributed by atoms with E-state index in [1.54, 1.807) is 32.4 Å². The maximum Gasteiger partial charge on any atom is 0.208 e. The zero-order valence-corrected chi connectivity index (χ0v) is 23.9. The zero-order chi connectivity index (χ0) is 27.7. The topological polar surface area (TPSA) is 120 Å². The Hall–Kier alpha value is -2.53. The van der Waals surface area contributed by atoms with Gasteiger partial charge in [-0.05, 0) is 68.6 Å². The fourth-order valence-electron chi connectivity index (χ4n) is 4.48. The molecule has 0 atom stereocenters. The number of methoxy groups -OCH3 is 2. The van der Waals surface area contributed by atoms with Crippen LogP contribution in [0.15, 0.2) is 30.3 Å². The summed E-state index contributed by atoms with van der Waals surface area (Å²) in [6, 6.07) is 8.86. The number of nitrogen functional groups attached to an aromatic ring is 1. The van der Waals surface area contributed by atoms with E-state index in [4.69, 9.17) is 31.5 Å². The predicted molar refractivity (Wildman–Crippen MR) is 150 cm³/mol. The van der Waals surface area contributed by atoms with Crippen molar-refractivity contribution in [1.82, 2.24) is 9.62 Å². The molecular weight excluding hydrogens is 530 g/mol. The molecule has 3 N–H and O–H groups in total. The second kappa shape index (κ2) is 14.0. The highest BCUT2D eigenvalue weighted by molar-refractivity contribution is 7.88. The summed E-state index contributed by atoms with van der Waals surface area (Å²) < 4.78 is 41.9. The maximum absolute atomic E-state index is 12.8. The third kappa shape index (κ3) is 9.65. The number of ketones is 1. The molecule has 210 valence electrons. The van der Waals surface area contributed by atoms with Crippen LogP contribution in [-0.2, 0) is 27.8 Å². The van der Waals surface area contributed by atoms with Gasteiger partial charge in [-0.3, -0.25) is 4.79 Å². The van der Waals surface area contributed by atoms with Crippen LogP contribution in [0.1, 0.15) is 36.8 Å². The maximum atomic E-state index is 12.8. The van der Waals surface area contributed by atoms with Gasteiger partial charge in [0.1, 0.15) is 29.6 Å². The quantitative estimate of drug-likeness (QED) is 0.332. The Bertz CT molecular complexity index is 1180. The van der Waals surface area contributed by atoms with E-state index in [2.05, 4.69) is 9.62 Å². The van der Waals surface area contributed by atoms with E-state index < -0.39 is 10.0 Å². The summed E-state index contributed by atoms with van der Waals surface area (Å²) in [5.74, 6) is 2.29. The van der Waals surface area contributed by atoms with Gasteiger partial charge >= 0.3 is 0 Å². The normalized spacial score (nSPS) is 14.8. The molecule has 0 saturated carbocycles. The molecule has 1 aliphatic heterocycles. The average Bonchev–Trinajstić information content (AvgIpc) is 2.88. The van der Waals surface area contributed by atoms with Gasteiger partial charge in [0, 0.05) is 37.1 Å². The molecule has 38 heavy (non-hydrogen) atoms. The Kier molecular flexibility index (Phi) is 11.1. The number of halogens is 1. The molecule has 1 saturated heterocycles. The van der Waals surface area contributed by atoms with E-state index in [0.717, 1.165) is 44.5 Å². The largest absolute Gasteiger partial charge is 0.497 e. The van der Waals surface area contributed by atoms with Crippen molar-refractivity contribution in [2.75, 3.05) is 52.4 Å². The number of nitrogens with zero attached hydrogens (tertiary/aromatic N) is 1. The number of ether oxygens (including phenoxy) is 3. The Morgan fingerprint density at radius 3 is 2.37 bits per heavy atom. The predicted octanol–water partition coefficient (Wildman–Crippen LogP) is 3.67. The van der Waals surface area contributed by atoms with E-state index in [-0.39, 0.29) is 18.8 Å². The summed E-state index contributed by atoms with van der Waals surface area (Å²) in [5.41, 5.74) is 7.95.